The molecule has 1 aliphatic heterocycles. The number of alkyl halides is 6. The highest BCUT2D eigenvalue weighted by Gasteiger charge is 2.62. The van der Waals surface area contributed by atoms with Gasteiger partial charge in [-0.3, -0.25) is 9.59 Å². The first-order valence-electron chi connectivity index (χ1n) is 11.2. The number of nitrogens with zero attached hydrogens (tertiary/aromatic N) is 1. The molecule has 2 fully saturated rings. The van der Waals surface area contributed by atoms with Crippen LogP contribution in [-0.4, -0.2) is 31.6 Å². The Labute approximate surface area is 203 Å². The Hall–Kier alpha value is -3.08. The summed E-state index contributed by atoms with van der Waals surface area (Å²) < 4.78 is 85.2. The molecule has 2 amide bonds. The third-order valence-electron chi connectivity index (χ3n) is 7.10. The van der Waals surface area contributed by atoms with E-state index < -0.39 is 52.5 Å². The van der Waals surface area contributed by atoms with E-state index in [0.29, 0.717) is 17.8 Å². The SMILES string of the molecule is CO[C@H]1CC2C(=O)N(c3c(C)cccc3C)CC2(C(=O)Nc2cc(C(F)(F)F)cc(C(F)(F)F)c2)C1. The second-order valence-electron chi connectivity index (χ2n) is 9.42. The van der Waals surface area contributed by atoms with E-state index in [1.807, 2.05) is 32.0 Å². The van der Waals surface area contributed by atoms with Crippen LogP contribution in [-0.2, 0) is 26.7 Å². The molecule has 4 rings (SSSR count). The third kappa shape index (κ3) is 4.44. The molecule has 36 heavy (non-hydrogen) atoms. The van der Waals surface area contributed by atoms with E-state index >= 15 is 0 Å². The quantitative estimate of drug-likeness (QED) is 0.530. The number of rotatable bonds is 4. The van der Waals surface area contributed by atoms with Crippen molar-refractivity contribution in [1.82, 2.24) is 0 Å². The second kappa shape index (κ2) is 8.79. The lowest BCUT2D eigenvalue weighted by Gasteiger charge is -2.28. The maximum atomic E-state index is 13.6. The first kappa shape index (κ1) is 26.0. The highest BCUT2D eigenvalue weighted by molar-refractivity contribution is 6.08. The fourth-order valence-corrected chi connectivity index (χ4v) is 5.39. The number of aryl methyl sites for hydroxylation is 2. The maximum Gasteiger partial charge on any atom is 0.416 e. The van der Waals surface area contributed by atoms with Crippen LogP contribution in [0.25, 0.3) is 0 Å². The molecule has 5 nitrogen and oxygen atoms in total. The fraction of sp³-hybridized carbons (Fsp3) is 0.440. The molecule has 1 saturated heterocycles. The highest BCUT2D eigenvalue weighted by atomic mass is 19.4. The molecular formula is C25H24F6N2O3. The number of methoxy groups -OCH3 is 1. The lowest BCUT2D eigenvalue weighted by Crippen LogP contribution is -2.41. The average molecular weight is 514 g/mol. The van der Waals surface area contributed by atoms with E-state index in [1.54, 1.807) is 0 Å². The molecule has 11 heteroatoms. The zero-order valence-electron chi connectivity index (χ0n) is 19.7. The minimum atomic E-state index is -5.06. The fourth-order valence-electron chi connectivity index (χ4n) is 5.39. The molecule has 1 saturated carbocycles. The van der Waals surface area contributed by atoms with Gasteiger partial charge >= 0.3 is 12.4 Å². The van der Waals surface area contributed by atoms with Gasteiger partial charge in [-0.05, 0) is 56.0 Å². The number of anilines is 2. The molecule has 2 unspecified atom stereocenters. The Morgan fingerprint density at radius 1 is 1.03 bits per heavy atom. The average Bonchev–Trinajstić information content (AvgIpc) is 3.28. The molecule has 0 spiro atoms. The Kier molecular flexibility index (Phi) is 6.35. The van der Waals surface area contributed by atoms with Crippen LogP contribution in [0, 0.1) is 25.2 Å². The van der Waals surface area contributed by atoms with Crippen molar-refractivity contribution >= 4 is 23.2 Å². The lowest BCUT2D eigenvalue weighted by atomic mass is 9.79. The molecule has 1 heterocycles. The Balaban J connectivity index is 1.74. The van der Waals surface area contributed by atoms with Crippen LogP contribution in [0.2, 0.25) is 0 Å². The Morgan fingerprint density at radius 3 is 2.08 bits per heavy atom. The van der Waals surface area contributed by atoms with Crippen molar-refractivity contribution in [3.05, 3.63) is 58.7 Å². The Bertz CT molecular complexity index is 1160. The van der Waals surface area contributed by atoms with Crippen LogP contribution in [0.1, 0.15) is 35.1 Å². The number of nitrogens with one attached hydrogen (secondary N) is 1. The number of carbonyl (C=O) groups excluding carboxylic acids is 2. The number of ether oxygens (including phenoxy) is 1. The maximum absolute atomic E-state index is 13.6. The molecule has 2 aliphatic rings. The summed E-state index contributed by atoms with van der Waals surface area (Å²) in [6, 6.07) is 6.37. The minimum Gasteiger partial charge on any atom is -0.381 e. The van der Waals surface area contributed by atoms with Gasteiger partial charge in [-0.1, -0.05) is 18.2 Å². The monoisotopic (exact) mass is 514 g/mol. The summed E-state index contributed by atoms with van der Waals surface area (Å²) in [5.41, 5.74) is -2.88. The first-order chi connectivity index (χ1) is 16.7. The van der Waals surface area contributed by atoms with Crippen molar-refractivity contribution in [3.8, 4) is 0 Å². The van der Waals surface area contributed by atoms with Crippen LogP contribution in [0.3, 0.4) is 0 Å². The molecule has 194 valence electrons. The van der Waals surface area contributed by atoms with Gasteiger partial charge < -0.3 is 15.0 Å². The lowest BCUT2D eigenvalue weighted by molar-refractivity contribution is -0.143. The van der Waals surface area contributed by atoms with Crippen molar-refractivity contribution in [2.45, 2.75) is 45.1 Å². The van der Waals surface area contributed by atoms with E-state index in [0.717, 1.165) is 11.1 Å². The smallest absolute Gasteiger partial charge is 0.381 e. The minimum absolute atomic E-state index is 0.00491. The number of hydrogen-bond acceptors (Lipinski definition) is 3. The van der Waals surface area contributed by atoms with Gasteiger partial charge in [-0.25, -0.2) is 0 Å². The van der Waals surface area contributed by atoms with Crippen LogP contribution in [0.4, 0.5) is 37.7 Å². The standard InChI is InChI=1S/C25H24F6N2O3/c1-13-5-4-6-14(2)20(13)33-12-23(11-18(36-3)10-19(23)21(33)34)22(35)32-17-8-15(24(26,27)28)7-16(9-17)25(29,30)31/h4-9,18-19H,10-12H2,1-3H3,(H,32,35)/t18-,19?,23?/m0/s1. The van der Waals surface area contributed by atoms with Gasteiger partial charge in [0, 0.05) is 25.0 Å². The predicted octanol–water partition coefficient (Wildman–Crippen LogP) is 5.74. The van der Waals surface area contributed by atoms with Crippen molar-refractivity contribution in [3.63, 3.8) is 0 Å². The first-order valence-corrected chi connectivity index (χ1v) is 11.2. The Morgan fingerprint density at radius 2 is 1.58 bits per heavy atom. The van der Waals surface area contributed by atoms with Gasteiger partial charge in [-0.2, -0.15) is 26.3 Å². The van der Waals surface area contributed by atoms with Crippen molar-refractivity contribution in [2.75, 3.05) is 23.9 Å². The van der Waals surface area contributed by atoms with E-state index in [2.05, 4.69) is 5.32 Å². The summed E-state index contributed by atoms with van der Waals surface area (Å²) in [5, 5.41) is 2.26. The van der Waals surface area contributed by atoms with Crippen LogP contribution < -0.4 is 10.2 Å². The van der Waals surface area contributed by atoms with Gasteiger partial charge in [0.15, 0.2) is 0 Å². The molecule has 1 N–H and O–H groups in total. The molecule has 0 bridgehead atoms. The van der Waals surface area contributed by atoms with Crippen LogP contribution in [0.15, 0.2) is 36.4 Å². The highest BCUT2D eigenvalue weighted by Crippen LogP contribution is 2.52. The van der Waals surface area contributed by atoms with Gasteiger partial charge in [-0.15, -0.1) is 0 Å². The predicted molar refractivity (Wildman–Crippen MR) is 119 cm³/mol. The molecular weight excluding hydrogens is 490 g/mol. The molecule has 0 radical (unpaired) electrons. The normalized spacial score (nSPS) is 24.2. The number of hydrogen-bond donors (Lipinski definition) is 1. The summed E-state index contributed by atoms with van der Waals surface area (Å²) in [5.74, 6) is -1.99. The topological polar surface area (TPSA) is 58.6 Å². The van der Waals surface area contributed by atoms with Crippen molar-refractivity contribution in [1.29, 1.82) is 0 Å². The number of halogens is 6. The molecule has 2 aromatic carbocycles. The zero-order chi connectivity index (χ0) is 26.6. The molecule has 1 aliphatic carbocycles. The zero-order valence-corrected chi connectivity index (χ0v) is 19.7. The summed E-state index contributed by atoms with van der Waals surface area (Å²) in [7, 11) is 1.42. The number of amides is 2. The van der Waals surface area contributed by atoms with Gasteiger partial charge in [0.2, 0.25) is 11.8 Å². The summed E-state index contributed by atoms with van der Waals surface area (Å²) in [6.07, 6.45) is -10.3. The van der Waals surface area contributed by atoms with Crippen molar-refractivity contribution < 1.29 is 40.7 Å². The van der Waals surface area contributed by atoms with Crippen LogP contribution >= 0.6 is 0 Å². The summed E-state index contributed by atoms with van der Waals surface area (Å²) >= 11 is 0. The van der Waals surface area contributed by atoms with Gasteiger partial charge in [0.1, 0.15) is 0 Å². The second-order valence-corrected chi connectivity index (χ2v) is 9.42. The van der Waals surface area contributed by atoms with E-state index in [9.17, 15) is 35.9 Å². The number of benzene rings is 2. The van der Waals surface area contributed by atoms with E-state index in [-0.39, 0.29) is 31.4 Å². The van der Waals surface area contributed by atoms with Crippen molar-refractivity contribution in [2.24, 2.45) is 11.3 Å². The van der Waals surface area contributed by atoms with Gasteiger partial charge in [0.25, 0.3) is 0 Å². The number of carbonyl (C=O) groups is 2. The van der Waals surface area contributed by atoms with Crippen LogP contribution in [0.5, 0.6) is 0 Å². The van der Waals surface area contributed by atoms with E-state index in [4.69, 9.17) is 4.74 Å². The summed E-state index contributed by atoms with van der Waals surface area (Å²) in [4.78, 5) is 28.6. The number of para-hydroxylation sites is 1. The molecule has 3 atom stereocenters. The summed E-state index contributed by atoms with van der Waals surface area (Å²) in [6.45, 7) is 3.56. The third-order valence-corrected chi connectivity index (χ3v) is 7.10. The van der Waals surface area contributed by atoms with Gasteiger partial charge in [0.05, 0.1) is 28.6 Å². The largest absolute Gasteiger partial charge is 0.416 e. The molecule has 2 aromatic rings. The number of fused-ring (bicyclic) bond motifs is 1. The van der Waals surface area contributed by atoms with E-state index in [1.165, 1.54) is 12.0 Å². The molecule has 0 aromatic heterocycles.